The van der Waals surface area contributed by atoms with Crippen molar-refractivity contribution in [3.63, 3.8) is 0 Å². The molecule has 20 heavy (non-hydrogen) atoms. The zero-order chi connectivity index (χ0) is 16.0. The number of carbonyl (C=O) groups excluding carboxylic acids is 1. The van der Waals surface area contributed by atoms with E-state index in [0.29, 0.717) is 6.54 Å². The van der Waals surface area contributed by atoms with Gasteiger partial charge in [-0.2, -0.15) is 0 Å². The topological polar surface area (TPSA) is 108 Å². The molecule has 0 aromatic carbocycles. The van der Waals surface area contributed by atoms with Crippen LogP contribution in [0.4, 0.5) is 4.79 Å². The van der Waals surface area contributed by atoms with Gasteiger partial charge in [-0.05, 0) is 47.5 Å². The summed E-state index contributed by atoms with van der Waals surface area (Å²) in [6.07, 6.45) is 0.743. The molecule has 6 heteroatoms. The quantitative estimate of drug-likeness (QED) is 0.587. The van der Waals surface area contributed by atoms with Crippen molar-refractivity contribution in [3.8, 4) is 0 Å². The Hall–Kier alpha value is -0.850. The minimum atomic E-state index is -0.740. The molecular weight excluding hydrogens is 256 g/mol. The highest BCUT2D eigenvalue weighted by Gasteiger charge is 2.19. The van der Waals surface area contributed by atoms with Gasteiger partial charge in [-0.15, -0.1) is 0 Å². The molecule has 0 heterocycles. The second-order valence-corrected chi connectivity index (χ2v) is 7.03. The maximum absolute atomic E-state index is 10.8. The highest BCUT2D eigenvalue weighted by atomic mass is 16.6. The van der Waals surface area contributed by atoms with Gasteiger partial charge in [0.15, 0.2) is 0 Å². The SMILES string of the molecule is CC(CN(CCC(C)(C)N)CCC(C)(C)N)OC(N)=O. The number of rotatable bonds is 9. The molecule has 0 rings (SSSR count). The molecule has 0 saturated carbocycles. The summed E-state index contributed by atoms with van der Waals surface area (Å²) < 4.78 is 4.98. The fraction of sp³-hybridized carbons (Fsp3) is 0.929. The van der Waals surface area contributed by atoms with Gasteiger partial charge in [-0.25, -0.2) is 4.79 Å². The first-order valence-corrected chi connectivity index (χ1v) is 7.15. The number of hydrogen-bond donors (Lipinski definition) is 3. The van der Waals surface area contributed by atoms with Gasteiger partial charge in [-0.3, -0.25) is 4.90 Å². The molecular formula is C14H32N4O2. The number of ether oxygens (including phenoxy) is 1. The van der Waals surface area contributed by atoms with Gasteiger partial charge in [0.2, 0.25) is 0 Å². The van der Waals surface area contributed by atoms with E-state index in [1.54, 1.807) is 0 Å². The molecule has 0 bridgehead atoms. The summed E-state index contributed by atoms with van der Waals surface area (Å²) in [4.78, 5) is 13.0. The lowest BCUT2D eigenvalue weighted by Crippen LogP contribution is -2.43. The van der Waals surface area contributed by atoms with Gasteiger partial charge in [0, 0.05) is 30.7 Å². The number of amides is 1. The average Bonchev–Trinajstić information content (AvgIpc) is 2.18. The van der Waals surface area contributed by atoms with Crippen LogP contribution in [0.3, 0.4) is 0 Å². The Morgan fingerprint density at radius 2 is 1.50 bits per heavy atom. The first kappa shape index (κ1) is 19.1. The van der Waals surface area contributed by atoms with E-state index in [1.165, 1.54) is 0 Å². The second kappa shape index (κ2) is 7.81. The number of nitrogens with two attached hydrogens (primary N) is 3. The molecule has 6 nitrogen and oxygen atoms in total. The first-order chi connectivity index (χ1) is 8.89. The van der Waals surface area contributed by atoms with Gasteiger partial charge in [0.05, 0.1) is 0 Å². The van der Waals surface area contributed by atoms with Crippen LogP contribution in [0.25, 0.3) is 0 Å². The Labute approximate surface area is 123 Å². The lowest BCUT2D eigenvalue weighted by atomic mass is 10.00. The first-order valence-electron chi connectivity index (χ1n) is 7.15. The maximum atomic E-state index is 10.8. The number of nitrogens with zero attached hydrogens (tertiary/aromatic N) is 1. The maximum Gasteiger partial charge on any atom is 0.404 e. The average molecular weight is 288 g/mol. The summed E-state index contributed by atoms with van der Waals surface area (Å²) in [5.41, 5.74) is 16.6. The van der Waals surface area contributed by atoms with E-state index in [1.807, 2.05) is 34.6 Å². The molecule has 1 atom stereocenters. The largest absolute Gasteiger partial charge is 0.445 e. The molecule has 0 radical (unpaired) electrons. The summed E-state index contributed by atoms with van der Waals surface area (Å²) in [7, 11) is 0. The molecule has 0 aliphatic rings. The summed E-state index contributed by atoms with van der Waals surface area (Å²) in [6.45, 7) is 12.2. The van der Waals surface area contributed by atoms with Crippen molar-refractivity contribution in [2.24, 2.45) is 17.2 Å². The molecule has 0 spiro atoms. The van der Waals surface area contributed by atoms with Crippen LogP contribution in [0.2, 0.25) is 0 Å². The molecule has 0 aromatic heterocycles. The zero-order valence-corrected chi connectivity index (χ0v) is 13.6. The highest BCUT2D eigenvalue weighted by molar-refractivity contribution is 5.64. The smallest absolute Gasteiger partial charge is 0.404 e. The molecule has 0 aliphatic heterocycles. The van der Waals surface area contributed by atoms with E-state index in [2.05, 4.69) is 4.90 Å². The lowest BCUT2D eigenvalue weighted by Gasteiger charge is -2.30. The van der Waals surface area contributed by atoms with Crippen LogP contribution in [-0.2, 0) is 4.74 Å². The molecule has 120 valence electrons. The van der Waals surface area contributed by atoms with Crippen LogP contribution in [0.5, 0.6) is 0 Å². The van der Waals surface area contributed by atoms with Crippen molar-refractivity contribution in [3.05, 3.63) is 0 Å². The van der Waals surface area contributed by atoms with Crippen molar-refractivity contribution in [2.75, 3.05) is 19.6 Å². The third-order valence-electron chi connectivity index (χ3n) is 2.98. The minimum Gasteiger partial charge on any atom is -0.445 e. The van der Waals surface area contributed by atoms with E-state index in [-0.39, 0.29) is 17.2 Å². The predicted octanol–water partition coefficient (Wildman–Crippen LogP) is 1.03. The molecule has 0 saturated heterocycles. The summed E-state index contributed by atoms with van der Waals surface area (Å²) in [5.74, 6) is 0. The molecule has 0 fully saturated rings. The van der Waals surface area contributed by atoms with Crippen LogP contribution in [-0.4, -0.2) is 47.8 Å². The minimum absolute atomic E-state index is 0.218. The molecule has 1 amide bonds. The van der Waals surface area contributed by atoms with Crippen LogP contribution in [0.1, 0.15) is 47.5 Å². The Morgan fingerprint density at radius 3 is 1.80 bits per heavy atom. The van der Waals surface area contributed by atoms with E-state index < -0.39 is 6.09 Å². The summed E-state index contributed by atoms with van der Waals surface area (Å²) >= 11 is 0. The molecule has 0 aliphatic carbocycles. The van der Waals surface area contributed by atoms with E-state index in [0.717, 1.165) is 25.9 Å². The Kier molecular flexibility index (Phi) is 7.47. The van der Waals surface area contributed by atoms with Gasteiger partial charge >= 0.3 is 6.09 Å². The van der Waals surface area contributed by atoms with Crippen LogP contribution < -0.4 is 17.2 Å². The monoisotopic (exact) mass is 288 g/mol. The van der Waals surface area contributed by atoms with E-state index in [4.69, 9.17) is 21.9 Å². The van der Waals surface area contributed by atoms with Gasteiger partial charge < -0.3 is 21.9 Å². The van der Waals surface area contributed by atoms with Crippen molar-refractivity contribution in [1.82, 2.24) is 4.90 Å². The number of carbonyl (C=O) groups is 1. The van der Waals surface area contributed by atoms with Gasteiger partial charge in [0.1, 0.15) is 6.10 Å². The third-order valence-corrected chi connectivity index (χ3v) is 2.98. The van der Waals surface area contributed by atoms with Crippen LogP contribution in [0, 0.1) is 0 Å². The molecule has 6 N–H and O–H groups in total. The zero-order valence-electron chi connectivity index (χ0n) is 13.6. The molecule has 0 aromatic rings. The Bertz CT molecular complexity index is 277. The van der Waals surface area contributed by atoms with Gasteiger partial charge in [-0.1, -0.05) is 0 Å². The third kappa shape index (κ3) is 12.2. The van der Waals surface area contributed by atoms with Crippen molar-refractivity contribution >= 4 is 6.09 Å². The van der Waals surface area contributed by atoms with Crippen molar-refractivity contribution in [2.45, 2.75) is 64.6 Å². The second-order valence-electron chi connectivity index (χ2n) is 7.03. The fourth-order valence-corrected chi connectivity index (χ4v) is 1.79. The Morgan fingerprint density at radius 1 is 1.10 bits per heavy atom. The van der Waals surface area contributed by atoms with Gasteiger partial charge in [0.25, 0.3) is 0 Å². The lowest BCUT2D eigenvalue weighted by molar-refractivity contribution is 0.0820. The number of hydrogen-bond acceptors (Lipinski definition) is 5. The Balaban J connectivity index is 4.41. The van der Waals surface area contributed by atoms with Crippen molar-refractivity contribution < 1.29 is 9.53 Å². The standard InChI is InChI=1S/C14H32N4O2/c1-11(20-12(15)19)10-18(8-6-13(2,3)16)9-7-14(4,5)17/h11H,6-10,16-17H2,1-5H3,(H2,15,19). The summed E-state index contributed by atoms with van der Waals surface area (Å²) in [6, 6.07) is 0. The van der Waals surface area contributed by atoms with Crippen LogP contribution >= 0.6 is 0 Å². The number of primary amides is 1. The summed E-state index contributed by atoms with van der Waals surface area (Å²) in [5, 5.41) is 0. The van der Waals surface area contributed by atoms with Crippen molar-refractivity contribution in [1.29, 1.82) is 0 Å². The predicted molar refractivity (Wildman–Crippen MR) is 82.3 cm³/mol. The fourth-order valence-electron chi connectivity index (χ4n) is 1.79. The van der Waals surface area contributed by atoms with E-state index in [9.17, 15) is 4.79 Å². The van der Waals surface area contributed by atoms with Crippen LogP contribution in [0.15, 0.2) is 0 Å². The highest BCUT2D eigenvalue weighted by Crippen LogP contribution is 2.10. The normalized spacial score (nSPS) is 14.4. The van der Waals surface area contributed by atoms with E-state index >= 15 is 0 Å². The molecule has 1 unspecified atom stereocenters.